The minimum Gasteiger partial charge on any atom is -0.388 e. The first-order chi connectivity index (χ1) is 9.56. The monoisotopic (exact) mass is 275 g/mol. The Morgan fingerprint density at radius 2 is 1.90 bits per heavy atom. The number of rotatable bonds is 6. The van der Waals surface area contributed by atoms with E-state index in [2.05, 4.69) is 15.5 Å². The Morgan fingerprint density at radius 3 is 2.50 bits per heavy atom. The van der Waals surface area contributed by atoms with Crippen LogP contribution in [0.3, 0.4) is 0 Å². The van der Waals surface area contributed by atoms with Crippen molar-refractivity contribution in [2.75, 3.05) is 5.32 Å². The number of aliphatic hydroxyl groups is 1. The van der Waals surface area contributed by atoms with E-state index < -0.39 is 6.10 Å². The van der Waals surface area contributed by atoms with Crippen LogP contribution in [0.1, 0.15) is 50.6 Å². The summed E-state index contributed by atoms with van der Waals surface area (Å²) in [7, 11) is 0. The minimum absolute atomic E-state index is 0.0330. The van der Waals surface area contributed by atoms with E-state index in [9.17, 15) is 5.11 Å². The van der Waals surface area contributed by atoms with Crippen LogP contribution in [0.15, 0.2) is 34.9 Å². The highest BCUT2D eigenvalue weighted by molar-refractivity contribution is 5.22. The van der Waals surface area contributed by atoms with Crippen LogP contribution in [0.2, 0.25) is 0 Å². The van der Waals surface area contributed by atoms with E-state index in [1.54, 1.807) is 0 Å². The molecule has 0 amide bonds. The predicted octanol–water partition coefficient (Wildman–Crippen LogP) is 3.12. The molecule has 2 rings (SSSR count). The number of hydrogen-bond donors (Lipinski definition) is 2. The summed E-state index contributed by atoms with van der Waals surface area (Å²) in [6, 6.07) is 10.0. The van der Waals surface area contributed by atoms with Crippen LogP contribution in [0.5, 0.6) is 0 Å². The number of hydrogen-bond acceptors (Lipinski definition) is 5. The summed E-state index contributed by atoms with van der Waals surface area (Å²) in [5.74, 6) is 0.919. The van der Waals surface area contributed by atoms with Gasteiger partial charge in [-0.1, -0.05) is 49.3 Å². The largest absolute Gasteiger partial charge is 0.388 e. The van der Waals surface area contributed by atoms with Crippen molar-refractivity contribution in [3.05, 3.63) is 41.7 Å². The molecule has 0 aliphatic rings. The van der Waals surface area contributed by atoms with E-state index in [0.29, 0.717) is 18.3 Å². The Bertz CT molecular complexity index is 525. The van der Waals surface area contributed by atoms with Gasteiger partial charge in [0.25, 0.3) is 0 Å². The summed E-state index contributed by atoms with van der Waals surface area (Å²) in [6.07, 6.45) is 0.0647. The highest BCUT2D eigenvalue weighted by atomic mass is 16.5. The average molecular weight is 275 g/mol. The van der Waals surface area contributed by atoms with Crippen molar-refractivity contribution in [2.24, 2.45) is 0 Å². The number of aromatic nitrogens is 2. The number of nitrogens with one attached hydrogen (secondary N) is 1. The van der Waals surface area contributed by atoms with Gasteiger partial charge < -0.3 is 14.9 Å². The van der Waals surface area contributed by atoms with Gasteiger partial charge in [-0.15, -0.1) is 0 Å². The highest BCUT2D eigenvalue weighted by Gasteiger charge is 2.15. The molecule has 5 nitrogen and oxygen atoms in total. The standard InChI is InChI=1S/C15H21N3O2/c1-10(2)14-17-15(20-18-14)16-11(3)9-13(19)12-7-5-4-6-8-12/h4-8,10-11,13,19H,9H2,1-3H3,(H,16,17,18)/t11-,13-/m0/s1. The number of benzene rings is 1. The van der Waals surface area contributed by atoms with Crippen LogP contribution >= 0.6 is 0 Å². The molecule has 0 aliphatic carbocycles. The van der Waals surface area contributed by atoms with Crippen LogP contribution in [0.4, 0.5) is 6.01 Å². The van der Waals surface area contributed by atoms with Gasteiger partial charge >= 0.3 is 6.01 Å². The minimum atomic E-state index is -0.508. The Balaban J connectivity index is 1.90. The van der Waals surface area contributed by atoms with E-state index in [0.717, 1.165) is 5.56 Å². The molecule has 0 radical (unpaired) electrons. The molecule has 2 N–H and O–H groups in total. The average Bonchev–Trinajstić information content (AvgIpc) is 2.88. The third kappa shape index (κ3) is 3.81. The van der Waals surface area contributed by atoms with Gasteiger partial charge in [0, 0.05) is 12.0 Å². The molecule has 0 aliphatic heterocycles. The summed E-state index contributed by atoms with van der Waals surface area (Å²) in [5.41, 5.74) is 0.912. The second kappa shape index (κ2) is 6.52. The topological polar surface area (TPSA) is 71.2 Å². The van der Waals surface area contributed by atoms with Crippen molar-refractivity contribution in [1.82, 2.24) is 10.1 Å². The van der Waals surface area contributed by atoms with Gasteiger partial charge in [0.1, 0.15) is 0 Å². The van der Waals surface area contributed by atoms with Crippen LogP contribution in [-0.2, 0) is 0 Å². The quantitative estimate of drug-likeness (QED) is 0.847. The van der Waals surface area contributed by atoms with E-state index in [-0.39, 0.29) is 12.0 Å². The first kappa shape index (κ1) is 14.5. The molecule has 1 aromatic heterocycles. The highest BCUT2D eigenvalue weighted by Crippen LogP contribution is 2.20. The predicted molar refractivity (Wildman–Crippen MR) is 77.5 cm³/mol. The Hall–Kier alpha value is -1.88. The molecule has 0 spiro atoms. The molecule has 1 aromatic carbocycles. The van der Waals surface area contributed by atoms with Crippen LogP contribution in [-0.4, -0.2) is 21.3 Å². The molecule has 2 aromatic rings. The van der Waals surface area contributed by atoms with Crippen molar-refractivity contribution in [1.29, 1.82) is 0 Å². The summed E-state index contributed by atoms with van der Waals surface area (Å²) in [4.78, 5) is 4.26. The van der Waals surface area contributed by atoms with Crippen LogP contribution in [0, 0.1) is 0 Å². The number of aliphatic hydroxyl groups excluding tert-OH is 1. The van der Waals surface area contributed by atoms with Gasteiger partial charge in [0.15, 0.2) is 5.82 Å². The van der Waals surface area contributed by atoms with E-state index >= 15 is 0 Å². The maximum Gasteiger partial charge on any atom is 0.321 e. The lowest BCUT2D eigenvalue weighted by atomic mass is 10.0. The van der Waals surface area contributed by atoms with Crippen molar-refractivity contribution in [3.63, 3.8) is 0 Å². The molecule has 0 saturated carbocycles. The first-order valence-electron chi connectivity index (χ1n) is 6.89. The normalized spacial score (nSPS) is 14.2. The first-order valence-corrected chi connectivity index (χ1v) is 6.89. The third-order valence-corrected chi connectivity index (χ3v) is 3.09. The second-order valence-electron chi connectivity index (χ2n) is 5.32. The maximum absolute atomic E-state index is 10.2. The molecule has 0 saturated heterocycles. The molecular formula is C15H21N3O2. The Kier molecular flexibility index (Phi) is 4.74. The zero-order chi connectivity index (χ0) is 14.5. The van der Waals surface area contributed by atoms with E-state index in [1.165, 1.54) is 0 Å². The summed E-state index contributed by atoms with van der Waals surface area (Å²) in [5, 5.41) is 17.2. The van der Waals surface area contributed by atoms with Gasteiger partial charge in [-0.05, 0) is 18.9 Å². The molecule has 1 heterocycles. The second-order valence-corrected chi connectivity index (χ2v) is 5.32. The molecular weight excluding hydrogens is 254 g/mol. The Morgan fingerprint density at radius 1 is 1.20 bits per heavy atom. The summed E-state index contributed by atoms with van der Waals surface area (Å²) in [6.45, 7) is 6.00. The molecule has 108 valence electrons. The lowest BCUT2D eigenvalue weighted by Gasteiger charge is -2.16. The smallest absolute Gasteiger partial charge is 0.321 e. The van der Waals surface area contributed by atoms with Crippen LogP contribution in [0.25, 0.3) is 0 Å². The zero-order valence-electron chi connectivity index (χ0n) is 12.1. The molecule has 5 heteroatoms. The third-order valence-electron chi connectivity index (χ3n) is 3.09. The molecule has 2 atom stereocenters. The van der Waals surface area contributed by atoms with Gasteiger partial charge in [-0.2, -0.15) is 4.98 Å². The van der Waals surface area contributed by atoms with Gasteiger partial charge in [0.2, 0.25) is 0 Å². The fourth-order valence-corrected chi connectivity index (χ4v) is 1.94. The molecule has 20 heavy (non-hydrogen) atoms. The zero-order valence-corrected chi connectivity index (χ0v) is 12.1. The van der Waals surface area contributed by atoms with E-state index in [4.69, 9.17) is 4.52 Å². The van der Waals surface area contributed by atoms with Crippen LogP contribution < -0.4 is 5.32 Å². The summed E-state index contributed by atoms with van der Waals surface area (Å²) >= 11 is 0. The molecule has 0 bridgehead atoms. The van der Waals surface area contributed by atoms with Gasteiger partial charge in [-0.3, -0.25) is 0 Å². The SMILES string of the molecule is CC(C)c1noc(N[C@@H](C)C[C@H](O)c2ccccc2)n1. The lowest BCUT2D eigenvalue weighted by molar-refractivity contribution is 0.162. The fraction of sp³-hybridized carbons (Fsp3) is 0.467. The maximum atomic E-state index is 10.2. The van der Waals surface area contributed by atoms with Crippen molar-refractivity contribution < 1.29 is 9.63 Å². The van der Waals surface area contributed by atoms with E-state index in [1.807, 2.05) is 51.1 Å². The van der Waals surface area contributed by atoms with Crippen molar-refractivity contribution in [3.8, 4) is 0 Å². The van der Waals surface area contributed by atoms with Crippen molar-refractivity contribution in [2.45, 2.75) is 45.3 Å². The fourth-order valence-electron chi connectivity index (χ4n) is 1.94. The number of nitrogens with zero attached hydrogens (tertiary/aromatic N) is 2. The Labute approximate surface area is 119 Å². The molecule has 0 unspecified atom stereocenters. The van der Waals surface area contributed by atoms with Crippen molar-refractivity contribution >= 4 is 6.01 Å². The van der Waals surface area contributed by atoms with Gasteiger partial charge in [0.05, 0.1) is 6.10 Å². The summed E-state index contributed by atoms with van der Waals surface area (Å²) < 4.78 is 5.13. The number of anilines is 1. The van der Waals surface area contributed by atoms with Gasteiger partial charge in [-0.25, -0.2) is 0 Å². The lowest BCUT2D eigenvalue weighted by Crippen LogP contribution is -2.19. The molecule has 0 fully saturated rings.